The lowest BCUT2D eigenvalue weighted by atomic mass is 9.82. The van der Waals surface area contributed by atoms with Gasteiger partial charge in [0, 0.05) is 12.1 Å². The molecule has 0 radical (unpaired) electrons. The first-order valence-corrected chi connectivity index (χ1v) is 7.57. The Kier molecular flexibility index (Phi) is 5.05. The lowest BCUT2D eigenvalue weighted by Gasteiger charge is -2.31. The van der Waals surface area contributed by atoms with Gasteiger partial charge in [0.15, 0.2) is 0 Å². The summed E-state index contributed by atoms with van der Waals surface area (Å²) < 4.78 is 5.61. The molecule has 1 saturated carbocycles. The van der Waals surface area contributed by atoms with Gasteiger partial charge in [-0.15, -0.1) is 0 Å². The molecular formula is C17H25NO2. The molecule has 2 N–H and O–H groups in total. The molecule has 1 aromatic carbocycles. The largest absolute Gasteiger partial charge is 0.462 e. The van der Waals surface area contributed by atoms with E-state index >= 15 is 0 Å². The molecule has 2 atom stereocenters. The van der Waals surface area contributed by atoms with Gasteiger partial charge in [0.05, 0.1) is 0 Å². The number of nitrogen functional groups attached to an aromatic ring is 1. The predicted octanol–water partition coefficient (Wildman–Crippen LogP) is 3.57. The normalized spacial score (nSPS) is 26.2. The quantitative estimate of drug-likeness (QED) is 0.675. The van der Waals surface area contributed by atoms with E-state index in [4.69, 9.17) is 10.5 Å². The zero-order chi connectivity index (χ0) is 14.5. The summed E-state index contributed by atoms with van der Waals surface area (Å²) in [6, 6.07) is 7.66. The number of esters is 1. The van der Waals surface area contributed by atoms with Crippen LogP contribution in [0.25, 0.3) is 0 Å². The van der Waals surface area contributed by atoms with Gasteiger partial charge < -0.3 is 10.5 Å². The van der Waals surface area contributed by atoms with Gasteiger partial charge >= 0.3 is 5.97 Å². The summed E-state index contributed by atoms with van der Waals surface area (Å²) in [6.07, 6.45) is 4.56. The van der Waals surface area contributed by atoms with Gasteiger partial charge in [-0.2, -0.15) is 0 Å². The minimum absolute atomic E-state index is 0.0758. The number of rotatable bonds is 4. The number of aryl methyl sites for hydroxylation is 1. The molecule has 3 heteroatoms. The van der Waals surface area contributed by atoms with E-state index in [1.54, 1.807) is 0 Å². The molecule has 2 unspecified atom stereocenters. The molecule has 1 aromatic rings. The first kappa shape index (κ1) is 14.9. The topological polar surface area (TPSA) is 52.3 Å². The number of ether oxygens (including phenoxy) is 1. The summed E-state index contributed by atoms with van der Waals surface area (Å²) in [7, 11) is 0. The third-order valence-corrected chi connectivity index (χ3v) is 4.03. The average Bonchev–Trinajstić information content (AvgIpc) is 2.37. The lowest BCUT2D eigenvalue weighted by molar-refractivity contribution is -0.151. The van der Waals surface area contributed by atoms with Crippen LogP contribution in [0.4, 0.5) is 5.69 Å². The van der Waals surface area contributed by atoms with Gasteiger partial charge in [0.25, 0.3) is 0 Å². The highest BCUT2D eigenvalue weighted by atomic mass is 16.5. The smallest absolute Gasteiger partial charge is 0.306 e. The van der Waals surface area contributed by atoms with Crippen LogP contribution in [0.2, 0.25) is 0 Å². The summed E-state index contributed by atoms with van der Waals surface area (Å²) in [5.41, 5.74) is 7.52. The van der Waals surface area contributed by atoms with Crippen molar-refractivity contribution in [3.05, 3.63) is 29.8 Å². The van der Waals surface area contributed by atoms with E-state index in [9.17, 15) is 4.79 Å². The summed E-state index contributed by atoms with van der Waals surface area (Å²) in [6.45, 7) is 4.48. The summed E-state index contributed by atoms with van der Waals surface area (Å²) >= 11 is 0. The number of nitrogens with two attached hydrogens (primary N) is 1. The van der Waals surface area contributed by atoms with Gasteiger partial charge in [-0.05, 0) is 55.2 Å². The summed E-state index contributed by atoms with van der Waals surface area (Å²) in [5, 5.41) is 0. The Morgan fingerprint density at radius 1 is 1.15 bits per heavy atom. The fourth-order valence-corrected chi connectivity index (χ4v) is 3.14. The van der Waals surface area contributed by atoms with E-state index in [1.807, 2.05) is 24.3 Å². The van der Waals surface area contributed by atoms with Crippen molar-refractivity contribution in [2.75, 3.05) is 5.73 Å². The van der Waals surface area contributed by atoms with E-state index in [1.165, 1.54) is 6.42 Å². The maximum absolute atomic E-state index is 11.9. The molecule has 0 aliphatic heterocycles. The third kappa shape index (κ3) is 4.55. The van der Waals surface area contributed by atoms with Crippen LogP contribution in [-0.4, -0.2) is 12.1 Å². The lowest BCUT2D eigenvalue weighted by Crippen LogP contribution is -2.28. The van der Waals surface area contributed by atoms with Crippen LogP contribution >= 0.6 is 0 Å². The standard InChI is InChI=1S/C17H25NO2/c1-12-9-13(2)11-16(10-12)20-17(19)8-5-14-3-6-15(18)7-4-14/h3-4,6-7,12-13,16H,5,8-11,18H2,1-2H3. The van der Waals surface area contributed by atoms with E-state index < -0.39 is 0 Å². The highest BCUT2D eigenvalue weighted by molar-refractivity contribution is 5.70. The fourth-order valence-electron chi connectivity index (χ4n) is 3.14. The van der Waals surface area contributed by atoms with Gasteiger partial charge in [0.2, 0.25) is 0 Å². The zero-order valence-electron chi connectivity index (χ0n) is 12.5. The van der Waals surface area contributed by atoms with Crippen LogP contribution in [-0.2, 0) is 16.0 Å². The fraction of sp³-hybridized carbons (Fsp3) is 0.588. The van der Waals surface area contributed by atoms with Crippen molar-refractivity contribution in [3.63, 3.8) is 0 Å². The number of hydrogen-bond acceptors (Lipinski definition) is 3. The summed E-state index contributed by atoms with van der Waals surface area (Å²) in [4.78, 5) is 11.9. The number of carbonyl (C=O) groups is 1. The highest BCUT2D eigenvalue weighted by Crippen LogP contribution is 2.30. The van der Waals surface area contributed by atoms with Gasteiger partial charge in [-0.25, -0.2) is 0 Å². The van der Waals surface area contributed by atoms with Gasteiger partial charge in [-0.1, -0.05) is 26.0 Å². The van der Waals surface area contributed by atoms with Crippen LogP contribution in [0.1, 0.15) is 45.1 Å². The zero-order valence-corrected chi connectivity index (χ0v) is 12.5. The first-order chi connectivity index (χ1) is 9.52. The van der Waals surface area contributed by atoms with Gasteiger partial charge in [-0.3, -0.25) is 4.79 Å². The second-order valence-electron chi connectivity index (χ2n) is 6.27. The van der Waals surface area contributed by atoms with Crippen molar-refractivity contribution in [1.29, 1.82) is 0 Å². The molecule has 3 nitrogen and oxygen atoms in total. The Bertz CT molecular complexity index is 431. The Hall–Kier alpha value is -1.51. The van der Waals surface area contributed by atoms with Crippen molar-refractivity contribution in [2.45, 2.75) is 52.1 Å². The molecule has 0 spiro atoms. The van der Waals surface area contributed by atoms with Crippen LogP contribution < -0.4 is 5.73 Å². The number of benzene rings is 1. The molecule has 0 saturated heterocycles. The van der Waals surface area contributed by atoms with Crippen molar-refractivity contribution < 1.29 is 9.53 Å². The van der Waals surface area contributed by atoms with Crippen LogP contribution in [0.5, 0.6) is 0 Å². The average molecular weight is 275 g/mol. The third-order valence-electron chi connectivity index (χ3n) is 4.03. The molecule has 110 valence electrons. The monoisotopic (exact) mass is 275 g/mol. The van der Waals surface area contributed by atoms with E-state index in [0.717, 1.165) is 30.5 Å². The van der Waals surface area contributed by atoms with Crippen molar-refractivity contribution in [3.8, 4) is 0 Å². The minimum atomic E-state index is -0.0758. The predicted molar refractivity (Wildman–Crippen MR) is 81.2 cm³/mol. The van der Waals surface area contributed by atoms with Crippen LogP contribution in [0, 0.1) is 11.8 Å². The SMILES string of the molecule is CC1CC(C)CC(OC(=O)CCc2ccc(N)cc2)C1. The van der Waals surface area contributed by atoms with E-state index in [0.29, 0.717) is 18.3 Å². The molecule has 2 rings (SSSR count). The van der Waals surface area contributed by atoms with E-state index in [2.05, 4.69) is 13.8 Å². The Morgan fingerprint density at radius 3 is 2.35 bits per heavy atom. The number of hydrogen-bond donors (Lipinski definition) is 1. The Balaban J connectivity index is 1.76. The van der Waals surface area contributed by atoms with Crippen molar-refractivity contribution >= 4 is 11.7 Å². The molecule has 1 fully saturated rings. The molecule has 0 aromatic heterocycles. The molecule has 1 aliphatic rings. The highest BCUT2D eigenvalue weighted by Gasteiger charge is 2.26. The number of carbonyl (C=O) groups excluding carboxylic acids is 1. The first-order valence-electron chi connectivity index (χ1n) is 7.57. The van der Waals surface area contributed by atoms with Crippen LogP contribution in [0.15, 0.2) is 24.3 Å². The summed E-state index contributed by atoms with van der Waals surface area (Å²) in [5.74, 6) is 1.25. The van der Waals surface area contributed by atoms with Crippen molar-refractivity contribution in [2.24, 2.45) is 11.8 Å². The molecule has 0 amide bonds. The second kappa shape index (κ2) is 6.78. The van der Waals surface area contributed by atoms with Gasteiger partial charge in [0.1, 0.15) is 6.10 Å². The molecular weight excluding hydrogens is 250 g/mol. The van der Waals surface area contributed by atoms with E-state index in [-0.39, 0.29) is 12.1 Å². The molecule has 0 heterocycles. The Labute approximate surface area is 121 Å². The second-order valence-corrected chi connectivity index (χ2v) is 6.27. The van der Waals surface area contributed by atoms with Crippen molar-refractivity contribution in [1.82, 2.24) is 0 Å². The maximum Gasteiger partial charge on any atom is 0.306 e. The molecule has 0 bridgehead atoms. The minimum Gasteiger partial charge on any atom is -0.462 e. The number of anilines is 1. The maximum atomic E-state index is 11.9. The molecule has 1 aliphatic carbocycles. The molecule has 20 heavy (non-hydrogen) atoms. The van der Waals surface area contributed by atoms with Crippen LogP contribution in [0.3, 0.4) is 0 Å². The Morgan fingerprint density at radius 2 is 1.75 bits per heavy atom.